The fourth-order valence-electron chi connectivity index (χ4n) is 4.16. The first kappa shape index (κ1) is 30.1. The van der Waals surface area contributed by atoms with Gasteiger partial charge in [0, 0.05) is 11.4 Å². The molecular weight excluding hydrogens is 462 g/mol. The molecule has 0 fully saturated rings. The number of esters is 1. The van der Waals surface area contributed by atoms with Crippen molar-refractivity contribution < 1.29 is 19.1 Å². The normalized spacial score (nSPS) is 11.3. The number of ether oxygens (including phenoxy) is 2. The van der Waals surface area contributed by atoms with Crippen LogP contribution in [0.4, 0.5) is 5.69 Å². The maximum absolute atomic E-state index is 12.5. The molecule has 0 unspecified atom stereocenters. The molecule has 0 spiro atoms. The molecule has 0 atom stereocenters. The van der Waals surface area contributed by atoms with Gasteiger partial charge in [0.15, 0.2) is 5.78 Å². The fourth-order valence-corrected chi connectivity index (χ4v) is 4.16. The van der Waals surface area contributed by atoms with Crippen LogP contribution in [0.1, 0.15) is 108 Å². The van der Waals surface area contributed by atoms with Crippen molar-refractivity contribution in [2.75, 3.05) is 11.9 Å². The molecule has 5 nitrogen and oxygen atoms in total. The summed E-state index contributed by atoms with van der Waals surface area (Å²) in [7, 11) is 0. The van der Waals surface area contributed by atoms with Crippen molar-refractivity contribution in [3.8, 4) is 11.5 Å². The number of anilines is 1. The Kier molecular flexibility index (Phi) is 14.8. The van der Waals surface area contributed by atoms with Gasteiger partial charge in [-0.25, -0.2) is 4.79 Å². The Bertz CT molecular complexity index is 948. The molecule has 202 valence electrons. The van der Waals surface area contributed by atoms with Gasteiger partial charge in [0.2, 0.25) is 0 Å². The predicted molar refractivity (Wildman–Crippen MR) is 152 cm³/mol. The SMILES string of the molecule is CCCCCCCCCCCCCCOc1ccc(C(=O)Oc2ccc(N/C(C)=C\C(C)=O)cc2)cc1. The topological polar surface area (TPSA) is 64.6 Å². The molecule has 0 bridgehead atoms. The molecule has 0 saturated heterocycles. The molecule has 0 heterocycles. The van der Waals surface area contributed by atoms with E-state index in [2.05, 4.69) is 12.2 Å². The molecule has 1 N–H and O–H groups in total. The molecule has 2 aromatic carbocycles. The highest BCUT2D eigenvalue weighted by atomic mass is 16.5. The predicted octanol–water partition coefficient (Wildman–Crippen LogP) is 8.89. The van der Waals surface area contributed by atoms with Crippen molar-refractivity contribution in [2.45, 2.75) is 97.8 Å². The van der Waals surface area contributed by atoms with E-state index in [4.69, 9.17) is 9.47 Å². The van der Waals surface area contributed by atoms with E-state index in [0.29, 0.717) is 17.9 Å². The van der Waals surface area contributed by atoms with E-state index in [1.165, 1.54) is 83.6 Å². The lowest BCUT2D eigenvalue weighted by Gasteiger charge is -2.09. The summed E-state index contributed by atoms with van der Waals surface area (Å²) in [5, 5.41) is 3.12. The minimum absolute atomic E-state index is 0.0173. The van der Waals surface area contributed by atoms with Gasteiger partial charge in [0.1, 0.15) is 11.5 Å². The maximum Gasteiger partial charge on any atom is 0.343 e. The summed E-state index contributed by atoms with van der Waals surface area (Å²) in [6, 6.07) is 14.1. The van der Waals surface area contributed by atoms with Crippen molar-refractivity contribution in [2.24, 2.45) is 0 Å². The van der Waals surface area contributed by atoms with Crippen LogP contribution < -0.4 is 14.8 Å². The molecule has 2 rings (SSSR count). The van der Waals surface area contributed by atoms with Crippen molar-refractivity contribution in [3.05, 3.63) is 65.9 Å². The zero-order valence-corrected chi connectivity index (χ0v) is 23.0. The molecule has 0 aromatic heterocycles. The third-order valence-electron chi connectivity index (χ3n) is 6.18. The summed E-state index contributed by atoms with van der Waals surface area (Å²) in [6.45, 7) is 6.29. The molecular formula is C32H45NO4. The van der Waals surface area contributed by atoms with Crippen LogP contribution in [0.5, 0.6) is 11.5 Å². The van der Waals surface area contributed by atoms with Gasteiger partial charge in [-0.15, -0.1) is 0 Å². The molecule has 0 aliphatic rings. The number of unbranched alkanes of at least 4 members (excludes halogenated alkanes) is 11. The van der Waals surface area contributed by atoms with Crippen molar-refractivity contribution in [1.29, 1.82) is 0 Å². The summed E-state index contributed by atoms with van der Waals surface area (Å²) < 4.78 is 11.3. The monoisotopic (exact) mass is 507 g/mol. The van der Waals surface area contributed by atoms with Gasteiger partial charge < -0.3 is 14.8 Å². The highest BCUT2D eigenvalue weighted by Gasteiger charge is 2.09. The first-order chi connectivity index (χ1) is 18.0. The van der Waals surface area contributed by atoms with Gasteiger partial charge in [-0.2, -0.15) is 0 Å². The Balaban J connectivity index is 1.59. The van der Waals surface area contributed by atoms with E-state index in [9.17, 15) is 9.59 Å². The summed E-state index contributed by atoms with van der Waals surface area (Å²) in [4.78, 5) is 23.6. The maximum atomic E-state index is 12.5. The Hall–Kier alpha value is -3.08. The summed E-state index contributed by atoms with van der Waals surface area (Å²) in [5.74, 6) is 0.789. The van der Waals surface area contributed by atoms with Gasteiger partial charge in [-0.3, -0.25) is 4.79 Å². The first-order valence-electron chi connectivity index (χ1n) is 14.0. The third kappa shape index (κ3) is 13.7. The number of ketones is 1. The lowest BCUT2D eigenvalue weighted by atomic mass is 10.1. The quantitative estimate of drug-likeness (QED) is 0.0890. The second-order valence-electron chi connectivity index (χ2n) is 9.74. The second kappa shape index (κ2) is 18.2. The average molecular weight is 508 g/mol. The molecule has 0 aliphatic carbocycles. The summed E-state index contributed by atoms with van der Waals surface area (Å²) in [5.41, 5.74) is 2.03. The van der Waals surface area contributed by atoms with E-state index in [1.54, 1.807) is 36.4 Å². The Labute approximate surface area is 223 Å². The number of hydrogen-bond acceptors (Lipinski definition) is 5. The van der Waals surface area contributed by atoms with Gasteiger partial charge >= 0.3 is 5.97 Å². The zero-order valence-electron chi connectivity index (χ0n) is 23.0. The van der Waals surface area contributed by atoms with Crippen molar-refractivity contribution in [3.63, 3.8) is 0 Å². The molecule has 5 heteroatoms. The average Bonchev–Trinajstić information content (AvgIpc) is 2.88. The Morgan fingerprint density at radius 2 is 1.22 bits per heavy atom. The highest BCUT2D eigenvalue weighted by Crippen LogP contribution is 2.20. The number of carbonyl (C=O) groups is 2. The number of benzene rings is 2. The van der Waals surface area contributed by atoms with Crippen LogP contribution in [0.2, 0.25) is 0 Å². The molecule has 0 radical (unpaired) electrons. The van der Waals surface area contributed by atoms with Crippen LogP contribution in [0.3, 0.4) is 0 Å². The standard InChI is InChI=1S/C32H45NO4/c1-4-5-6-7-8-9-10-11-12-13-14-15-24-36-30-20-16-28(17-21-30)32(35)37-31-22-18-29(19-23-31)33-26(2)25-27(3)34/h16-23,25,33H,4-15,24H2,1-3H3/b26-25-. The number of carbonyl (C=O) groups excluding carboxylic acids is 2. The van der Waals surface area contributed by atoms with Crippen molar-refractivity contribution in [1.82, 2.24) is 0 Å². The van der Waals surface area contributed by atoms with Crippen LogP contribution in [0, 0.1) is 0 Å². The van der Waals surface area contributed by atoms with Crippen LogP contribution in [-0.4, -0.2) is 18.4 Å². The van der Waals surface area contributed by atoms with E-state index >= 15 is 0 Å². The minimum Gasteiger partial charge on any atom is -0.494 e. The molecule has 37 heavy (non-hydrogen) atoms. The van der Waals surface area contributed by atoms with Crippen LogP contribution in [0.15, 0.2) is 60.3 Å². The van der Waals surface area contributed by atoms with E-state index in [0.717, 1.165) is 23.6 Å². The number of hydrogen-bond donors (Lipinski definition) is 1. The molecule has 0 saturated carbocycles. The highest BCUT2D eigenvalue weighted by molar-refractivity contribution is 5.91. The van der Waals surface area contributed by atoms with Crippen LogP contribution in [0.25, 0.3) is 0 Å². The zero-order chi connectivity index (χ0) is 26.7. The molecule has 0 aliphatic heterocycles. The number of allylic oxidation sites excluding steroid dienone is 2. The van der Waals surface area contributed by atoms with E-state index < -0.39 is 5.97 Å². The largest absolute Gasteiger partial charge is 0.494 e. The minimum atomic E-state index is -0.416. The van der Waals surface area contributed by atoms with Crippen molar-refractivity contribution >= 4 is 17.4 Å². The second-order valence-corrected chi connectivity index (χ2v) is 9.74. The van der Waals surface area contributed by atoms with Gasteiger partial charge in [0.25, 0.3) is 0 Å². The summed E-state index contributed by atoms with van der Waals surface area (Å²) >= 11 is 0. The number of nitrogens with one attached hydrogen (secondary N) is 1. The van der Waals surface area contributed by atoms with Gasteiger partial charge in [-0.05, 0) is 74.9 Å². The van der Waals surface area contributed by atoms with Crippen LogP contribution in [-0.2, 0) is 4.79 Å². The number of rotatable bonds is 19. The Morgan fingerprint density at radius 1 is 0.703 bits per heavy atom. The lowest BCUT2D eigenvalue weighted by Crippen LogP contribution is -2.08. The van der Waals surface area contributed by atoms with E-state index in [-0.39, 0.29) is 5.78 Å². The third-order valence-corrected chi connectivity index (χ3v) is 6.18. The van der Waals surface area contributed by atoms with Gasteiger partial charge in [-0.1, -0.05) is 77.6 Å². The van der Waals surface area contributed by atoms with Crippen LogP contribution >= 0.6 is 0 Å². The van der Waals surface area contributed by atoms with Gasteiger partial charge in [0.05, 0.1) is 12.2 Å². The fraction of sp³-hybridized carbons (Fsp3) is 0.500. The summed E-state index contributed by atoms with van der Waals surface area (Å²) in [6.07, 6.45) is 17.4. The van der Waals surface area contributed by atoms with E-state index in [1.807, 2.05) is 19.1 Å². The smallest absolute Gasteiger partial charge is 0.343 e. The molecule has 2 aromatic rings. The lowest BCUT2D eigenvalue weighted by molar-refractivity contribution is -0.112. The molecule has 0 amide bonds. The first-order valence-corrected chi connectivity index (χ1v) is 14.0. The Morgan fingerprint density at radius 3 is 1.76 bits per heavy atom.